The van der Waals surface area contributed by atoms with Crippen LogP contribution in [0.4, 0.5) is 0 Å². The molecular weight excluding hydrogens is 288 g/mol. The van der Waals surface area contributed by atoms with Gasteiger partial charge in [-0.25, -0.2) is 0 Å². The van der Waals surface area contributed by atoms with Crippen LogP contribution in [0.5, 0.6) is 0 Å². The van der Waals surface area contributed by atoms with E-state index in [0.717, 1.165) is 13.2 Å². The Morgan fingerprint density at radius 1 is 0.700 bits per heavy atom. The molecule has 0 radical (unpaired) electrons. The van der Waals surface area contributed by atoms with Gasteiger partial charge in [-0.1, -0.05) is 67.0 Å². The quantitative estimate of drug-likeness (QED) is 0.296. The van der Waals surface area contributed by atoms with Gasteiger partial charge in [0, 0.05) is 33.2 Å². The summed E-state index contributed by atoms with van der Waals surface area (Å²) in [4.78, 5) is 0. The zero-order valence-electron chi connectivity index (χ0n) is 14.1. The third-order valence-electron chi connectivity index (χ3n) is 2.90. The Balaban J connectivity index is 0. The summed E-state index contributed by atoms with van der Waals surface area (Å²) >= 11 is 0. The van der Waals surface area contributed by atoms with E-state index in [1.807, 2.05) is 21.6 Å². The number of rotatable bonds is 14. The summed E-state index contributed by atoms with van der Waals surface area (Å²) in [5.74, 6) is 1.30. The predicted molar refractivity (Wildman–Crippen MR) is 97.0 cm³/mol. The number of unbranched alkanes of at least 4 members (excludes halogenated alkanes) is 7. The molecule has 0 aromatic heterocycles. The van der Waals surface area contributed by atoms with E-state index in [-0.39, 0.29) is 0 Å². The van der Waals surface area contributed by atoms with Gasteiger partial charge in [0.1, 0.15) is 0 Å². The van der Waals surface area contributed by atoms with E-state index in [4.69, 9.17) is 9.47 Å². The van der Waals surface area contributed by atoms with Gasteiger partial charge in [0.05, 0.1) is 0 Å². The van der Waals surface area contributed by atoms with Crippen LogP contribution in [0.1, 0.15) is 64.7 Å². The third kappa shape index (κ3) is 27.0. The molecule has 2 nitrogen and oxygen atoms in total. The van der Waals surface area contributed by atoms with Crippen LogP contribution in [-0.2, 0) is 9.47 Å². The number of ether oxygens (including phenoxy) is 2. The number of methoxy groups -OCH3 is 2. The molecule has 0 aliphatic carbocycles. The van der Waals surface area contributed by atoms with Crippen LogP contribution in [0.25, 0.3) is 0 Å². The fourth-order valence-corrected chi connectivity index (χ4v) is 3.04. The molecule has 0 aromatic carbocycles. The minimum atomic E-state index is 0.926. The molecule has 0 aliphatic heterocycles. The van der Waals surface area contributed by atoms with Gasteiger partial charge in [-0.15, -0.1) is 0 Å². The Kier molecular flexibility index (Phi) is 28.2. The summed E-state index contributed by atoms with van der Waals surface area (Å²) in [6.45, 7) is 4.09. The second kappa shape index (κ2) is 24.6. The molecule has 0 saturated carbocycles. The normalized spacial score (nSPS) is 10.2. The SMILES string of the molecule is CCCCCCCOC.COCCCCCCSSC. The molecule has 4 heteroatoms. The minimum Gasteiger partial charge on any atom is -0.385 e. The van der Waals surface area contributed by atoms with Crippen molar-refractivity contribution < 1.29 is 9.47 Å². The van der Waals surface area contributed by atoms with Gasteiger partial charge in [-0.05, 0) is 25.5 Å². The van der Waals surface area contributed by atoms with Gasteiger partial charge < -0.3 is 9.47 Å². The Morgan fingerprint density at radius 2 is 1.20 bits per heavy atom. The van der Waals surface area contributed by atoms with Gasteiger partial charge in [0.25, 0.3) is 0 Å². The van der Waals surface area contributed by atoms with Crippen LogP contribution in [0.2, 0.25) is 0 Å². The van der Waals surface area contributed by atoms with Crippen molar-refractivity contribution in [1.29, 1.82) is 0 Å². The first-order valence-electron chi connectivity index (χ1n) is 7.96. The van der Waals surface area contributed by atoms with Crippen LogP contribution in [0, 0.1) is 0 Å². The summed E-state index contributed by atoms with van der Waals surface area (Å²) in [6.07, 6.45) is 14.0. The first-order valence-corrected chi connectivity index (χ1v) is 10.7. The van der Waals surface area contributed by atoms with Crippen molar-refractivity contribution in [3.8, 4) is 0 Å². The van der Waals surface area contributed by atoms with Crippen molar-refractivity contribution in [2.45, 2.75) is 64.7 Å². The van der Waals surface area contributed by atoms with Crippen molar-refractivity contribution in [1.82, 2.24) is 0 Å². The van der Waals surface area contributed by atoms with Crippen molar-refractivity contribution in [2.24, 2.45) is 0 Å². The Labute approximate surface area is 135 Å². The van der Waals surface area contributed by atoms with Crippen LogP contribution in [-0.4, -0.2) is 39.4 Å². The Bertz CT molecular complexity index is 132. The maximum atomic E-state index is 4.96. The molecule has 20 heavy (non-hydrogen) atoms. The van der Waals surface area contributed by atoms with Gasteiger partial charge in [-0.3, -0.25) is 0 Å². The van der Waals surface area contributed by atoms with E-state index in [0.29, 0.717) is 0 Å². The molecule has 0 amide bonds. The molecule has 0 aliphatic rings. The van der Waals surface area contributed by atoms with E-state index >= 15 is 0 Å². The first kappa shape index (κ1) is 22.9. The molecule has 0 fully saturated rings. The minimum absolute atomic E-state index is 0.926. The topological polar surface area (TPSA) is 18.5 Å². The summed E-state index contributed by atoms with van der Waals surface area (Å²) in [5.41, 5.74) is 0. The smallest absolute Gasteiger partial charge is 0.0462 e. The predicted octanol–water partition coefficient (Wildman–Crippen LogP) is 5.81. The molecule has 0 heterocycles. The summed E-state index contributed by atoms with van der Waals surface area (Å²) in [6, 6.07) is 0. The van der Waals surface area contributed by atoms with Crippen LogP contribution in [0.15, 0.2) is 0 Å². The summed E-state index contributed by atoms with van der Waals surface area (Å²) < 4.78 is 9.88. The van der Waals surface area contributed by atoms with E-state index in [2.05, 4.69) is 13.2 Å². The van der Waals surface area contributed by atoms with Gasteiger partial charge >= 0.3 is 0 Å². The maximum absolute atomic E-state index is 4.96. The Hall–Kier alpha value is 0.620. The molecule has 0 spiro atoms. The molecule has 0 aromatic rings. The fraction of sp³-hybridized carbons (Fsp3) is 1.00. The highest BCUT2D eigenvalue weighted by molar-refractivity contribution is 8.76. The van der Waals surface area contributed by atoms with E-state index in [1.54, 1.807) is 14.2 Å². The van der Waals surface area contributed by atoms with Crippen LogP contribution >= 0.6 is 21.6 Å². The van der Waals surface area contributed by atoms with Gasteiger partial charge in [0.2, 0.25) is 0 Å². The lowest BCUT2D eigenvalue weighted by Crippen LogP contribution is -1.88. The molecule has 0 saturated heterocycles. The molecule has 0 atom stereocenters. The monoisotopic (exact) mass is 324 g/mol. The van der Waals surface area contributed by atoms with E-state index in [1.165, 1.54) is 63.5 Å². The van der Waals surface area contributed by atoms with E-state index in [9.17, 15) is 0 Å². The zero-order chi connectivity index (χ0) is 15.3. The Morgan fingerprint density at radius 3 is 1.65 bits per heavy atom. The maximum Gasteiger partial charge on any atom is 0.0462 e. The van der Waals surface area contributed by atoms with E-state index < -0.39 is 0 Å². The lowest BCUT2D eigenvalue weighted by atomic mass is 10.2. The summed E-state index contributed by atoms with van der Waals surface area (Å²) in [5, 5.41) is 0. The lowest BCUT2D eigenvalue weighted by Gasteiger charge is -1.99. The van der Waals surface area contributed by atoms with Crippen molar-refractivity contribution in [3.63, 3.8) is 0 Å². The summed E-state index contributed by atoms with van der Waals surface area (Å²) in [7, 11) is 7.35. The molecule has 0 bridgehead atoms. The number of hydrogen-bond acceptors (Lipinski definition) is 4. The zero-order valence-corrected chi connectivity index (χ0v) is 15.8. The molecule has 0 rings (SSSR count). The highest BCUT2D eigenvalue weighted by Gasteiger charge is 1.89. The van der Waals surface area contributed by atoms with Crippen LogP contribution in [0.3, 0.4) is 0 Å². The first-order chi connectivity index (χ1) is 9.83. The van der Waals surface area contributed by atoms with Crippen molar-refractivity contribution in [3.05, 3.63) is 0 Å². The molecule has 0 N–H and O–H groups in total. The van der Waals surface area contributed by atoms with Gasteiger partial charge in [-0.2, -0.15) is 0 Å². The standard InChI is InChI=1S/C8H18OS2.C8H18O/c1-9-7-5-3-4-6-8-11-10-2;1-3-4-5-6-7-8-9-2/h3-8H2,1-2H3;3-8H2,1-2H3. The van der Waals surface area contributed by atoms with Crippen molar-refractivity contribution in [2.75, 3.05) is 39.4 Å². The second-order valence-electron chi connectivity index (χ2n) is 4.80. The molecule has 0 unspecified atom stereocenters. The fourth-order valence-electron chi connectivity index (χ4n) is 1.69. The highest BCUT2D eigenvalue weighted by Crippen LogP contribution is 2.18. The average Bonchev–Trinajstić information content (AvgIpc) is 2.47. The largest absolute Gasteiger partial charge is 0.385 e. The molecular formula is C16H36O2S2. The number of hydrogen-bond donors (Lipinski definition) is 0. The highest BCUT2D eigenvalue weighted by atomic mass is 33.1. The van der Waals surface area contributed by atoms with Crippen molar-refractivity contribution >= 4 is 21.6 Å². The average molecular weight is 325 g/mol. The third-order valence-corrected chi connectivity index (χ3v) is 4.79. The van der Waals surface area contributed by atoms with Crippen LogP contribution < -0.4 is 0 Å². The molecule has 124 valence electrons. The van der Waals surface area contributed by atoms with Gasteiger partial charge in [0.15, 0.2) is 0 Å². The second-order valence-corrected chi connectivity index (χ2v) is 7.49. The lowest BCUT2D eigenvalue weighted by molar-refractivity contribution is 0.192.